The maximum absolute atomic E-state index is 13.8. The Morgan fingerprint density at radius 3 is 2.96 bits per heavy atom. The number of halogens is 2. The lowest BCUT2D eigenvalue weighted by Gasteiger charge is -2.37. The molecule has 0 spiro atoms. The smallest absolute Gasteiger partial charge is 0.232 e. The zero-order chi connectivity index (χ0) is 16.5. The maximum Gasteiger partial charge on any atom is 0.232 e. The summed E-state index contributed by atoms with van der Waals surface area (Å²) in [6.07, 6.45) is 4.77. The number of hydrogen-bond acceptors (Lipinski definition) is 6. The summed E-state index contributed by atoms with van der Waals surface area (Å²) in [5, 5.41) is 3.95. The van der Waals surface area contributed by atoms with Crippen molar-refractivity contribution in [2.45, 2.75) is 12.5 Å². The zero-order valence-corrected chi connectivity index (χ0v) is 14.1. The molecule has 1 aliphatic heterocycles. The molecule has 3 heterocycles. The van der Waals surface area contributed by atoms with Gasteiger partial charge in [0.15, 0.2) is 0 Å². The highest BCUT2D eigenvalue weighted by Crippen LogP contribution is 2.29. The van der Waals surface area contributed by atoms with Gasteiger partial charge in [-0.25, -0.2) is 9.37 Å². The second-order valence-corrected chi connectivity index (χ2v) is 6.59. The summed E-state index contributed by atoms with van der Waals surface area (Å²) in [5.41, 5.74) is 1.26. The molecule has 2 aromatic heterocycles. The molecule has 1 aliphatic rings. The van der Waals surface area contributed by atoms with E-state index in [-0.39, 0.29) is 11.7 Å². The van der Waals surface area contributed by atoms with Gasteiger partial charge in [-0.3, -0.25) is 9.88 Å². The fraction of sp³-hybridized carbons (Fsp3) is 0.250. The Kier molecular flexibility index (Phi) is 4.07. The first kappa shape index (κ1) is 15.3. The fourth-order valence-electron chi connectivity index (χ4n) is 2.68. The molecule has 0 atom stereocenters. The van der Waals surface area contributed by atoms with Crippen LogP contribution in [0.1, 0.15) is 17.4 Å². The van der Waals surface area contributed by atoms with E-state index in [1.54, 1.807) is 24.7 Å². The molecule has 1 aromatic carbocycles. The van der Waals surface area contributed by atoms with Crippen LogP contribution in [0.25, 0.3) is 11.5 Å². The summed E-state index contributed by atoms with van der Waals surface area (Å²) in [5.74, 6) is 0.999. The van der Waals surface area contributed by atoms with Crippen molar-refractivity contribution >= 4 is 15.9 Å². The third-order valence-electron chi connectivity index (χ3n) is 3.94. The largest absolute Gasteiger partial charge is 0.339 e. The normalized spacial score (nSPS) is 15.4. The Balaban J connectivity index is 1.39. The molecule has 3 aromatic rings. The van der Waals surface area contributed by atoms with Crippen LogP contribution in [0, 0.1) is 5.82 Å². The molecule has 0 amide bonds. The fourth-order valence-corrected chi connectivity index (χ4v) is 3.09. The molecule has 122 valence electrons. The highest BCUT2D eigenvalue weighted by Gasteiger charge is 2.33. The summed E-state index contributed by atoms with van der Waals surface area (Å²) in [6.45, 7) is 2.08. The third-order valence-corrected chi connectivity index (χ3v) is 4.44. The molecular formula is C16H13BrFN5O. The van der Waals surface area contributed by atoms with E-state index in [0.29, 0.717) is 29.5 Å². The number of hydrogen-bond donors (Lipinski definition) is 0. The van der Waals surface area contributed by atoms with Crippen molar-refractivity contribution in [1.82, 2.24) is 25.0 Å². The van der Waals surface area contributed by atoms with E-state index in [1.807, 2.05) is 6.07 Å². The molecule has 0 saturated carbocycles. The molecule has 1 fully saturated rings. The van der Waals surface area contributed by atoms with Gasteiger partial charge >= 0.3 is 0 Å². The van der Waals surface area contributed by atoms with Crippen molar-refractivity contribution in [3.8, 4) is 11.5 Å². The number of likely N-dealkylation sites (tertiary alicyclic amines) is 1. The topological polar surface area (TPSA) is 67.9 Å². The van der Waals surface area contributed by atoms with Gasteiger partial charge in [-0.1, -0.05) is 21.1 Å². The van der Waals surface area contributed by atoms with Gasteiger partial charge < -0.3 is 4.52 Å². The van der Waals surface area contributed by atoms with Gasteiger partial charge in [-0.05, 0) is 18.2 Å². The lowest BCUT2D eigenvalue weighted by molar-refractivity contribution is 0.116. The summed E-state index contributed by atoms with van der Waals surface area (Å²) >= 11 is 3.37. The van der Waals surface area contributed by atoms with Gasteiger partial charge in [0.2, 0.25) is 11.7 Å². The quantitative estimate of drug-likeness (QED) is 0.682. The van der Waals surface area contributed by atoms with Crippen molar-refractivity contribution in [3.05, 3.63) is 58.5 Å². The predicted molar refractivity (Wildman–Crippen MR) is 87.4 cm³/mol. The van der Waals surface area contributed by atoms with Crippen LogP contribution in [0.3, 0.4) is 0 Å². The number of nitrogens with zero attached hydrogens (tertiary/aromatic N) is 5. The minimum absolute atomic E-state index is 0.165. The van der Waals surface area contributed by atoms with Crippen molar-refractivity contribution in [2.24, 2.45) is 0 Å². The predicted octanol–water partition coefficient (Wildman–Crippen LogP) is 3.03. The van der Waals surface area contributed by atoms with Gasteiger partial charge in [-0.2, -0.15) is 4.98 Å². The van der Waals surface area contributed by atoms with Crippen molar-refractivity contribution in [2.75, 3.05) is 13.1 Å². The van der Waals surface area contributed by atoms with Crippen LogP contribution in [-0.2, 0) is 6.54 Å². The first-order chi connectivity index (χ1) is 11.7. The van der Waals surface area contributed by atoms with E-state index in [0.717, 1.165) is 17.6 Å². The number of rotatable bonds is 4. The summed E-state index contributed by atoms with van der Waals surface area (Å²) in [4.78, 5) is 14.7. The number of aromatic nitrogens is 4. The van der Waals surface area contributed by atoms with Gasteiger partial charge in [0.1, 0.15) is 11.5 Å². The average molecular weight is 390 g/mol. The van der Waals surface area contributed by atoms with Crippen molar-refractivity contribution in [3.63, 3.8) is 0 Å². The minimum atomic E-state index is -0.190. The molecule has 0 N–H and O–H groups in total. The zero-order valence-electron chi connectivity index (χ0n) is 12.6. The van der Waals surface area contributed by atoms with Crippen LogP contribution in [0.4, 0.5) is 4.39 Å². The molecule has 24 heavy (non-hydrogen) atoms. The Labute approximate surface area is 145 Å². The molecule has 6 nitrogen and oxygen atoms in total. The van der Waals surface area contributed by atoms with Crippen LogP contribution >= 0.6 is 15.9 Å². The maximum atomic E-state index is 13.8. The standard InChI is InChI=1S/C16H13BrFN5O/c17-12-1-2-13(18)10(5-12)7-23-8-11(9-23)16-21-15(22-24-16)14-6-19-3-4-20-14/h1-6,11H,7-9H2. The molecule has 0 radical (unpaired) electrons. The molecule has 0 aliphatic carbocycles. The molecule has 0 bridgehead atoms. The average Bonchev–Trinajstić information content (AvgIpc) is 3.04. The van der Waals surface area contributed by atoms with E-state index >= 15 is 0 Å². The van der Waals surface area contributed by atoms with Crippen molar-refractivity contribution in [1.29, 1.82) is 0 Å². The first-order valence-electron chi connectivity index (χ1n) is 7.45. The van der Waals surface area contributed by atoms with E-state index in [4.69, 9.17) is 4.52 Å². The summed E-state index contributed by atoms with van der Waals surface area (Å²) in [6, 6.07) is 4.98. The highest BCUT2D eigenvalue weighted by atomic mass is 79.9. The van der Waals surface area contributed by atoms with Gasteiger partial charge in [0.05, 0.1) is 12.1 Å². The number of benzene rings is 1. The molecule has 0 unspecified atom stereocenters. The van der Waals surface area contributed by atoms with Crippen LogP contribution in [-0.4, -0.2) is 38.1 Å². The molecule has 4 rings (SSSR count). The van der Waals surface area contributed by atoms with E-state index in [2.05, 4.69) is 40.9 Å². The Morgan fingerprint density at radius 1 is 1.29 bits per heavy atom. The van der Waals surface area contributed by atoms with Crippen LogP contribution in [0.2, 0.25) is 0 Å². The van der Waals surface area contributed by atoms with Crippen LogP contribution in [0.15, 0.2) is 45.8 Å². The van der Waals surface area contributed by atoms with E-state index < -0.39 is 0 Å². The summed E-state index contributed by atoms with van der Waals surface area (Å²) in [7, 11) is 0. The highest BCUT2D eigenvalue weighted by molar-refractivity contribution is 9.10. The third kappa shape index (κ3) is 3.07. The molecular weight excluding hydrogens is 377 g/mol. The van der Waals surface area contributed by atoms with Gasteiger partial charge in [0.25, 0.3) is 0 Å². The monoisotopic (exact) mass is 389 g/mol. The Morgan fingerprint density at radius 2 is 2.17 bits per heavy atom. The van der Waals surface area contributed by atoms with Gasteiger partial charge in [0, 0.05) is 42.1 Å². The molecule has 8 heteroatoms. The minimum Gasteiger partial charge on any atom is -0.339 e. The Bertz CT molecular complexity index is 851. The van der Waals surface area contributed by atoms with Crippen molar-refractivity contribution < 1.29 is 8.91 Å². The van der Waals surface area contributed by atoms with Crippen LogP contribution in [0.5, 0.6) is 0 Å². The second-order valence-electron chi connectivity index (χ2n) is 5.67. The van der Waals surface area contributed by atoms with Gasteiger partial charge in [-0.15, -0.1) is 0 Å². The summed E-state index contributed by atoms with van der Waals surface area (Å²) < 4.78 is 20.0. The van der Waals surface area contributed by atoms with E-state index in [1.165, 1.54) is 6.07 Å². The second kappa shape index (κ2) is 6.37. The lowest BCUT2D eigenvalue weighted by Crippen LogP contribution is -2.44. The first-order valence-corrected chi connectivity index (χ1v) is 8.24. The molecule has 1 saturated heterocycles. The Hall–Kier alpha value is -2.19. The van der Waals surface area contributed by atoms with Crippen LogP contribution < -0.4 is 0 Å². The van der Waals surface area contributed by atoms with E-state index in [9.17, 15) is 4.39 Å². The lowest BCUT2D eigenvalue weighted by atomic mass is 9.99. The SMILES string of the molecule is Fc1ccc(Br)cc1CN1CC(c2nc(-c3cnccn3)no2)C1.